The van der Waals surface area contributed by atoms with Gasteiger partial charge in [-0.15, -0.1) is 0 Å². The molecule has 0 radical (unpaired) electrons. The summed E-state index contributed by atoms with van der Waals surface area (Å²) in [5.74, 6) is 2.06. The van der Waals surface area contributed by atoms with E-state index in [0.29, 0.717) is 17.8 Å². The topological polar surface area (TPSA) is 12.4 Å². The minimum atomic E-state index is 0.661. The second-order valence-corrected chi connectivity index (χ2v) is 7.51. The van der Waals surface area contributed by atoms with Gasteiger partial charge < -0.3 is 0 Å². The third-order valence-corrected chi connectivity index (χ3v) is 5.92. The fourth-order valence-corrected chi connectivity index (χ4v) is 4.46. The molecule has 0 aromatic heterocycles. The standard InChI is InChI=1S/C22H37N/c1-5-8-9-10-11-12-15-20-17(4)23-22-18(6-2)14-13-16-21(22)19(20)7-3/h13,16,18-20H,5-12,14-15H2,1-4H3. The van der Waals surface area contributed by atoms with Gasteiger partial charge in [0.05, 0.1) is 0 Å². The Hall–Kier alpha value is -0.850. The molecule has 0 spiro atoms. The van der Waals surface area contributed by atoms with Crippen LogP contribution in [0.2, 0.25) is 0 Å². The number of hydrogen-bond donors (Lipinski definition) is 0. The van der Waals surface area contributed by atoms with Gasteiger partial charge in [-0.2, -0.15) is 0 Å². The Morgan fingerprint density at radius 1 is 0.957 bits per heavy atom. The zero-order valence-corrected chi connectivity index (χ0v) is 15.9. The van der Waals surface area contributed by atoms with Crippen LogP contribution in [-0.4, -0.2) is 5.71 Å². The molecular weight excluding hydrogens is 278 g/mol. The Morgan fingerprint density at radius 2 is 1.70 bits per heavy atom. The molecule has 0 saturated heterocycles. The second-order valence-electron chi connectivity index (χ2n) is 7.51. The lowest BCUT2D eigenvalue weighted by Crippen LogP contribution is -2.29. The summed E-state index contributed by atoms with van der Waals surface area (Å²) in [5.41, 5.74) is 4.42. The van der Waals surface area contributed by atoms with Crippen molar-refractivity contribution < 1.29 is 0 Å². The number of aliphatic imine (C=N–C) groups is 1. The summed E-state index contributed by atoms with van der Waals surface area (Å²) in [5, 5.41) is 0. The van der Waals surface area contributed by atoms with Gasteiger partial charge in [0.25, 0.3) is 0 Å². The number of rotatable bonds is 9. The van der Waals surface area contributed by atoms with Crippen molar-refractivity contribution >= 4 is 5.71 Å². The predicted molar refractivity (Wildman–Crippen MR) is 103 cm³/mol. The first-order valence-electron chi connectivity index (χ1n) is 10.2. The molecule has 0 bridgehead atoms. The van der Waals surface area contributed by atoms with E-state index >= 15 is 0 Å². The van der Waals surface area contributed by atoms with E-state index in [0.717, 1.165) is 0 Å². The summed E-state index contributed by atoms with van der Waals surface area (Å²) in [4.78, 5) is 5.11. The smallest absolute Gasteiger partial charge is 0.0471 e. The molecule has 3 unspecified atom stereocenters. The summed E-state index contributed by atoms with van der Waals surface area (Å²) < 4.78 is 0. The zero-order chi connectivity index (χ0) is 16.7. The molecule has 0 aromatic rings. The van der Waals surface area contributed by atoms with E-state index in [1.165, 1.54) is 75.6 Å². The van der Waals surface area contributed by atoms with Crippen molar-refractivity contribution in [1.29, 1.82) is 0 Å². The minimum absolute atomic E-state index is 0.661. The number of allylic oxidation sites excluding steroid dienone is 4. The van der Waals surface area contributed by atoms with Crippen molar-refractivity contribution in [2.45, 2.75) is 91.9 Å². The monoisotopic (exact) mass is 315 g/mol. The van der Waals surface area contributed by atoms with Crippen LogP contribution in [0.25, 0.3) is 0 Å². The quantitative estimate of drug-likeness (QED) is 0.402. The van der Waals surface area contributed by atoms with Crippen LogP contribution in [0.15, 0.2) is 28.4 Å². The Bertz CT molecular complexity index is 455. The number of nitrogens with zero attached hydrogens (tertiary/aromatic N) is 1. The van der Waals surface area contributed by atoms with E-state index in [-0.39, 0.29) is 0 Å². The van der Waals surface area contributed by atoms with Crippen LogP contribution < -0.4 is 0 Å². The van der Waals surface area contributed by atoms with E-state index in [4.69, 9.17) is 4.99 Å². The molecule has 1 aliphatic carbocycles. The minimum Gasteiger partial charge on any atom is -0.262 e. The van der Waals surface area contributed by atoms with Gasteiger partial charge in [-0.25, -0.2) is 0 Å². The molecule has 2 rings (SSSR count). The summed E-state index contributed by atoms with van der Waals surface area (Å²) in [6.45, 7) is 9.26. The molecule has 130 valence electrons. The summed E-state index contributed by atoms with van der Waals surface area (Å²) in [7, 11) is 0. The van der Waals surface area contributed by atoms with Crippen LogP contribution in [0.4, 0.5) is 0 Å². The Labute approximate surface area is 144 Å². The van der Waals surface area contributed by atoms with Gasteiger partial charge in [-0.1, -0.05) is 71.4 Å². The second kappa shape index (κ2) is 9.45. The van der Waals surface area contributed by atoms with Gasteiger partial charge >= 0.3 is 0 Å². The maximum Gasteiger partial charge on any atom is 0.0471 e. The van der Waals surface area contributed by atoms with Gasteiger partial charge in [0.15, 0.2) is 0 Å². The van der Waals surface area contributed by atoms with Crippen LogP contribution in [0.1, 0.15) is 91.9 Å². The highest BCUT2D eigenvalue weighted by Crippen LogP contribution is 2.42. The summed E-state index contributed by atoms with van der Waals surface area (Å²) >= 11 is 0. The van der Waals surface area contributed by atoms with Crippen LogP contribution in [0, 0.1) is 17.8 Å². The molecule has 1 heteroatoms. The van der Waals surface area contributed by atoms with E-state index in [2.05, 4.69) is 39.8 Å². The van der Waals surface area contributed by atoms with Crippen molar-refractivity contribution in [2.75, 3.05) is 0 Å². The third kappa shape index (κ3) is 4.58. The molecular formula is C22H37N. The molecule has 23 heavy (non-hydrogen) atoms. The molecule has 0 fully saturated rings. The van der Waals surface area contributed by atoms with E-state index in [1.807, 2.05) is 0 Å². The Balaban J connectivity index is 1.98. The first-order chi connectivity index (χ1) is 11.2. The normalized spacial score (nSPS) is 27.1. The summed E-state index contributed by atoms with van der Waals surface area (Å²) in [6, 6.07) is 0. The highest BCUT2D eigenvalue weighted by atomic mass is 14.8. The van der Waals surface area contributed by atoms with Crippen molar-refractivity contribution in [3.8, 4) is 0 Å². The fraction of sp³-hybridized carbons (Fsp3) is 0.773. The zero-order valence-electron chi connectivity index (χ0n) is 15.9. The lowest BCUT2D eigenvalue weighted by atomic mass is 9.72. The van der Waals surface area contributed by atoms with Gasteiger partial charge in [0.1, 0.15) is 0 Å². The van der Waals surface area contributed by atoms with Gasteiger partial charge in [-0.3, -0.25) is 4.99 Å². The SMILES string of the molecule is CCCCCCCCC1C(C)=NC2=C(C=CCC2CC)C1CC. The molecule has 0 saturated carbocycles. The molecule has 0 aromatic carbocycles. The molecule has 0 N–H and O–H groups in total. The molecule has 1 aliphatic heterocycles. The molecule has 1 nitrogen and oxygen atoms in total. The van der Waals surface area contributed by atoms with Crippen molar-refractivity contribution in [3.63, 3.8) is 0 Å². The lowest BCUT2D eigenvalue weighted by molar-refractivity contribution is 0.401. The van der Waals surface area contributed by atoms with Crippen LogP contribution in [0.5, 0.6) is 0 Å². The summed E-state index contributed by atoms with van der Waals surface area (Å²) in [6.07, 6.45) is 18.2. The fourth-order valence-electron chi connectivity index (χ4n) is 4.46. The average molecular weight is 316 g/mol. The molecule has 1 heterocycles. The van der Waals surface area contributed by atoms with Gasteiger partial charge in [0, 0.05) is 23.2 Å². The molecule has 2 aliphatic rings. The van der Waals surface area contributed by atoms with Crippen LogP contribution in [0.3, 0.4) is 0 Å². The average Bonchev–Trinajstić information content (AvgIpc) is 2.57. The van der Waals surface area contributed by atoms with E-state index in [1.54, 1.807) is 5.57 Å². The molecule has 0 amide bonds. The third-order valence-electron chi connectivity index (χ3n) is 5.92. The van der Waals surface area contributed by atoms with Gasteiger partial charge in [0.2, 0.25) is 0 Å². The Morgan fingerprint density at radius 3 is 2.39 bits per heavy atom. The highest BCUT2D eigenvalue weighted by molar-refractivity contribution is 5.87. The van der Waals surface area contributed by atoms with E-state index in [9.17, 15) is 0 Å². The number of unbranched alkanes of at least 4 members (excludes halogenated alkanes) is 5. The van der Waals surface area contributed by atoms with Crippen molar-refractivity contribution in [3.05, 3.63) is 23.4 Å². The first-order valence-corrected chi connectivity index (χ1v) is 10.2. The Kier molecular flexibility index (Phi) is 7.59. The van der Waals surface area contributed by atoms with Gasteiger partial charge in [-0.05, 0) is 44.1 Å². The number of hydrogen-bond acceptors (Lipinski definition) is 1. The maximum atomic E-state index is 5.11. The maximum absolute atomic E-state index is 5.11. The van der Waals surface area contributed by atoms with Crippen LogP contribution >= 0.6 is 0 Å². The van der Waals surface area contributed by atoms with E-state index < -0.39 is 0 Å². The lowest BCUT2D eigenvalue weighted by Gasteiger charge is -2.36. The van der Waals surface area contributed by atoms with Crippen molar-refractivity contribution in [2.24, 2.45) is 22.7 Å². The molecule has 3 atom stereocenters. The largest absolute Gasteiger partial charge is 0.262 e. The van der Waals surface area contributed by atoms with Crippen LogP contribution in [-0.2, 0) is 0 Å². The first kappa shape index (κ1) is 18.5. The highest BCUT2D eigenvalue weighted by Gasteiger charge is 2.33. The predicted octanol–water partition coefficient (Wildman–Crippen LogP) is 7.09. The van der Waals surface area contributed by atoms with Crippen molar-refractivity contribution in [1.82, 2.24) is 0 Å².